The number of imidazole rings is 1. The predicted molar refractivity (Wildman–Crippen MR) is 147 cm³/mol. The van der Waals surface area contributed by atoms with Crippen molar-refractivity contribution in [2.24, 2.45) is 0 Å². The van der Waals surface area contributed by atoms with Crippen LogP contribution >= 0.6 is 0 Å². The second-order valence-electron chi connectivity index (χ2n) is 11.3. The van der Waals surface area contributed by atoms with Gasteiger partial charge in [0.15, 0.2) is 11.5 Å². The van der Waals surface area contributed by atoms with E-state index in [2.05, 4.69) is 0 Å². The van der Waals surface area contributed by atoms with E-state index in [4.69, 9.17) is 14.5 Å². The van der Waals surface area contributed by atoms with Crippen molar-refractivity contribution >= 4 is 16.7 Å². The Bertz CT molecular complexity index is 1520. The number of fused-ring (bicyclic) bond motifs is 1. The Kier molecular flexibility index (Phi) is 6.51. The predicted octanol–water partition coefficient (Wildman–Crippen LogP) is 6.62. The lowest BCUT2D eigenvalue weighted by Gasteiger charge is -2.28. The maximum atomic E-state index is 11.6. The molecule has 0 aliphatic heterocycles. The second kappa shape index (κ2) is 9.24. The summed E-state index contributed by atoms with van der Waals surface area (Å²) in [4.78, 5) is 15.9. The van der Waals surface area contributed by atoms with E-state index in [1.807, 2.05) is 58.2 Å². The molecule has 2 N–H and O–H groups in total. The van der Waals surface area contributed by atoms with Crippen LogP contribution in [0.2, 0.25) is 0 Å². The summed E-state index contributed by atoms with van der Waals surface area (Å²) in [5, 5.41) is 33.7. The molecule has 0 aliphatic rings. The van der Waals surface area contributed by atoms with Crippen molar-refractivity contribution in [3.8, 4) is 40.1 Å². The number of benzene rings is 3. The minimum atomic E-state index is -0.516. The molecular weight excluding hydrogens is 486 g/mol. The van der Waals surface area contributed by atoms with Gasteiger partial charge in [0.1, 0.15) is 17.3 Å². The van der Waals surface area contributed by atoms with E-state index in [0.29, 0.717) is 34.0 Å². The van der Waals surface area contributed by atoms with Crippen LogP contribution in [-0.2, 0) is 10.8 Å². The number of aromatic nitrogens is 2. The molecule has 0 amide bonds. The smallest absolute Gasteiger partial charge is 0.270 e. The first-order valence-corrected chi connectivity index (χ1v) is 12.2. The van der Waals surface area contributed by atoms with Crippen molar-refractivity contribution in [1.29, 1.82) is 0 Å². The maximum absolute atomic E-state index is 11.6. The van der Waals surface area contributed by atoms with Crippen LogP contribution < -0.4 is 9.47 Å². The van der Waals surface area contributed by atoms with Crippen LogP contribution in [0.5, 0.6) is 23.0 Å². The van der Waals surface area contributed by atoms with Crippen molar-refractivity contribution < 1.29 is 24.6 Å². The van der Waals surface area contributed by atoms with E-state index in [0.717, 1.165) is 11.1 Å². The highest BCUT2D eigenvalue weighted by Crippen LogP contribution is 2.44. The number of rotatable bonds is 5. The van der Waals surface area contributed by atoms with Gasteiger partial charge in [0.25, 0.3) is 5.69 Å². The molecule has 1 heterocycles. The van der Waals surface area contributed by atoms with Gasteiger partial charge in [0, 0.05) is 41.1 Å². The highest BCUT2D eigenvalue weighted by atomic mass is 16.6. The molecule has 0 spiro atoms. The summed E-state index contributed by atoms with van der Waals surface area (Å²) in [6.07, 6.45) is 0. The van der Waals surface area contributed by atoms with Crippen LogP contribution in [0.3, 0.4) is 0 Å². The van der Waals surface area contributed by atoms with Gasteiger partial charge < -0.3 is 19.7 Å². The lowest BCUT2D eigenvalue weighted by molar-refractivity contribution is -0.384. The van der Waals surface area contributed by atoms with Crippen LogP contribution in [0.1, 0.15) is 52.7 Å². The van der Waals surface area contributed by atoms with E-state index in [9.17, 15) is 20.3 Å². The topological polar surface area (TPSA) is 120 Å². The number of phenols is 2. The second-order valence-corrected chi connectivity index (χ2v) is 11.3. The lowest BCUT2D eigenvalue weighted by Crippen LogP contribution is -2.18. The standard InChI is InChI=1S/C29H33N3O6/c1-28(2,3)19-12-17(13-20(26(19)34)29(4,5)6)31-22-15-25(38-8)24(37-7)14-21(22)30-27(31)18-11-16(32(35)36)9-10-23(18)33/h9-15,33-34H,1-8H3. The molecule has 200 valence electrons. The number of methoxy groups -OCH3 is 2. The molecule has 3 aromatic carbocycles. The van der Waals surface area contributed by atoms with Crippen molar-refractivity contribution in [3.63, 3.8) is 0 Å². The number of non-ortho nitro benzene ring substituents is 1. The number of nitro benzene ring substituents is 1. The van der Waals surface area contributed by atoms with Gasteiger partial charge in [-0.25, -0.2) is 4.98 Å². The minimum absolute atomic E-state index is 0.156. The van der Waals surface area contributed by atoms with Crippen molar-refractivity contribution in [3.05, 3.63) is 63.7 Å². The summed E-state index contributed by atoms with van der Waals surface area (Å²) in [6.45, 7) is 12.1. The molecule has 0 saturated carbocycles. The zero-order valence-electron chi connectivity index (χ0n) is 22.9. The van der Waals surface area contributed by atoms with Crippen molar-refractivity contribution in [2.75, 3.05) is 14.2 Å². The molecule has 9 nitrogen and oxygen atoms in total. The third-order valence-corrected chi connectivity index (χ3v) is 6.56. The van der Waals surface area contributed by atoms with Crippen LogP contribution in [0.15, 0.2) is 42.5 Å². The fourth-order valence-electron chi connectivity index (χ4n) is 4.55. The van der Waals surface area contributed by atoms with Crippen LogP contribution in [0.25, 0.3) is 28.1 Å². The van der Waals surface area contributed by atoms with E-state index < -0.39 is 15.8 Å². The largest absolute Gasteiger partial charge is 0.507 e. The number of aromatic hydroxyl groups is 2. The molecule has 4 aromatic rings. The first-order chi connectivity index (χ1) is 17.7. The van der Waals surface area contributed by atoms with E-state index in [1.54, 1.807) is 12.1 Å². The number of hydrogen-bond donors (Lipinski definition) is 2. The van der Waals surface area contributed by atoms with Crippen molar-refractivity contribution in [2.45, 2.75) is 52.4 Å². The first kappa shape index (κ1) is 26.8. The van der Waals surface area contributed by atoms with Gasteiger partial charge in [0.05, 0.1) is 35.7 Å². The molecule has 4 rings (SSSR count). The minimum Gasteiger partial charge on any atom is -0.507 e. The van der Waals surface area contributed by atoms with Gasteiger partial charge in [-0.05, 0) is 29.0 Å². The summed E-state index contributed by atoms with van der Waals surface area (Å²) in [5.74, 6) is 1.30. The Morgan fingerprint density at radius 1 is 0.868 bits per heavy atom. The molecule has 0 radical (unpaired) electrons. The maximum Gasteiger partial charge on any atom is 0.270 e. The van der Waals surface area contributed by atoms with E-state index in [1.165, 1.54) is 32.4 Å². The number of nitro groups is 1. The Morgan fingerprint density at radius 3 is 1.92 bits per heavy atom. The lowest BCUT2D eigenvalue weighted by atomic mass is 9.79. The zero-order valence-corrected chi connectivity index (χ0v) is 22.9. The molecule has 0 atom stereocenters. The summed E-state index contributed by atoms with van der Waals surface area (Å²) < 4.78 is 12.9. The fraction of sp³-hybridized carbons (Fsp3) is 0.345. The third-order valence-electron chi connectivity index (χ3n) is 6.56. The zero-order chi connectivity index (χ0) is 28.2. The Morgan fingerprint density at radius 2 is 1.42 bits per heavy atom. The Labute approximate surface area is 221 Å². The van der Waals surface area contributed by atoms with Crippen LogP contribution in [0.4, 0.5) is 5.69 Å². The number of hydrogen-bond acceptors (Lipinski definition) is 7. The van der Waals surface area contributed by atoms with Gasteiger partial charge in [-0.1, -0.05) is 41.5 Å². The third kappa shape index (κ3) is 4.60. The van der Waals surface area contributed by atoms with Gasteiger partial charge >= 0.3 is 0 Å². The van der Waals surface area contributed by atoms with Gasteiger partial charge in [-0.15, -0.1) is 0 Å². The monoisotopic (exact) mass is 519 g/mol. The van der Waals surface area contributed by atoms with Crippen LogP contribution in [0, 0.1) is 10.1 Å². The fourth-order valence-corrected chi connectivity index (χ4v) is 4.55. The molecule has 0 aliphatic carbocycles. The van der Waals surface area contributed by atoms with Gasteiger partial charge in [-0.2, -0.15) is 0 Å². The molecule has 0 fully saturated rings. The van der Waals surface area contributed by atoms with Crippen LogP contribution in [-0.4, -0.2) is 38.9 Å². The highest BCUT2D eigenvalue weighted by molar-refractivity contribution is 5.88. The number of phenolic OH excluding ortho intramolecular Hbond substituents is 2. The summed E-state index contributed by atoms with van der Waals surface area (Å²) in [5.41, 5.74) is 2.52. The number of ether oxygens (including phenoxy) is 2. The first-order valence-electron chi connectivity index (χ1n) is 12.2. The van der Waals surface area contributed by atoms with Gasteiger partial charge in [-0.3, -0.25) is 14.7 Å². The normalized spacial score (nSPS) is 12.1. The molecule has 9 heteroatoms. The Balaban J connectivity index is 2.20. The summed E-state index contributed by atoms with van der Waals surface area (Å²) >= 11 is 0. The van der Waals surface area contributed by atoms with E-state index in [-0.39, 0.29) is 22.7 Å². The summed E-state index contributed by atoms with van der Waals surface area (Å²) in [6, 6.07) is 11.1. The van der Waals surface area contributed by atoms with E-state index >= 15 is 0 Å². The summed E-state index contributed by atoms with van der Waals surface area (Å²) in [7, 11) is 3.06. The number of nitrogens with zero attached hydrogens (tertiary/aromatic N) is 3. The SMILES string of the molecule is COc1cc2nc(-c3cc([N+](=O)[O-])ccc3O)n(-c3cc(C(C)(C)C)c(O)c(C(C)(C)C)c3)c2cc1OC. The average molecular weight is 520 g/mol. The highest BCUT2D eigenvalue weighted by Gasteiger charge is 2.29. The average Bonchev–Trinajstić information content (AvgIpc) is 3.19. The Hall–Kier alpha value is -4.27. The quantitative estimate of drug-likeness (QED) is 0.224. The molecule has 38 heavy (non-hydrogen) atoms. The molecule has 0 bridgehead atoms. The van der Waals surface area contributed by atoms with Crippen molar-refractivity contribution in [1.82, 2.24) is 9.55 Å². The molecular formula is C29H33N3O6. The van der Waals surface area contributed by atoms with Gasteiger partial charge in [0.2, 0.25) is 0 Å². The molecule has 1 aromatic heterocycles. The molecule has 0 saturated heterocycles. The molecule has 0 unspecified atom stereocenters.